The van der Waals surface area contributed by atoms with Crippen LogP contribution in [0.3, 0.4) is 0 Å². The van der Waals surface area contributed by atoms with Gasteiger partial charge >= 0.3 is 29.6 Å². The number of carbonyl (C=O) groups excluding carboxylic acids is 1. The summed E-state index contributed by atoms with van der Waals surface area (Å²) in [4.78, 5) is 19.3. The fourth-order valence-electron chi connectivity index (χ4n) is 0.148. The van der Waals surface area contributed by atoms with Gasteiger partial charge in [0.2, 0.25) is 5.78 Å². The predicted octanol–water partition coefficient (Wildman–Crippen LogP) is -0.408. The standard InChI is InChI=1S/C4H7NO3.Na.H/c1-3(4(2)6)5(7)8;;/h3H,1-2H3;;. The first-order chi connectivity index (χ1) is 3.55. The van der Waals surface area contributed by atoms with Gasteiger partial charge in [0.25, 0.3) is 6.04 Å². The molecule has 0 aliphatic rings. The number of hydrogen-bond acceptors (Lipinski definition) is 3. The number of nitro groups is 1. The minimum absolute atomic E-state index is 0. The third kappa shape index (κ3) is 4.57. The summed E-state index contributed by atoms with van der Waals surface area (Å²) in [6.45, 7) is 2.47. The van der Waals surface area contributed by atoms with Gasteiger partial charge in [-0.2, -0.15) is 0 Å². The van der Waals surface area contributed by atoms with Crippen molar-refractivity contribution < 1.29 is 9.72 Å². The molecular weight excluding hydrogens is 133 g/mol. The number of rotatable bonds is 2. The van der Waals surface area contributed by atoms with E-state index >= 15 is 0 Å². The van der Waals surface area contributed by atoms with Crippen molar-refractivity contribution in [2.75, 3.05) is 0 Å². The molecule has 9 heavy (non-hydrogen) atoms. The summed E-state index contributed by atoms with van der Waals surface area (Å²) in [6, 6.07) is -1.05. The molecule has 0 aromatic heterocycles. The Morgan fingerprint density at radius 1 is 1.67 bits per heavy atom. The van der Waals surface area contributed by atoms with Crippen LogP contribution < -0.4 is 0 Å². The molecule has 0 fully saturated rings. The SMILES string of the molecule is CC(=O)C(C)[N+](=O)[O-].[NaH]. The molecule has 0 aliphatic heterocycles. The number of nitrogens with zero attached hydrogens (tertiary/aromatic N) is 1. The summed E-state index contributed by atoms with van der Waals surface area (Å²) in [5.41, 5.74) is 0. The molecule has 0 rings (SSSR count). The van der Waals surface area contributed by atoms with Crippen molar-refractivity contribution >= 4 is 35.3 Å². The summed E-state index contributed by atoms with van der Waals surface area (Å²) < 4.78 is 0. The Balaban J connectivity index is 0. The van der Waals surface area contributed by atoms with E-state index in [0.717, 1.165) is 0 Å². The molecule has 0 amide bonds. The van der Waals surface area contributed by atoms with E-state index in [4.69, 9.17) is 0 Å². The first kappa shape index (κ1) is 11.8. The molecule has 0 saturated heterocycles. The molecule has 0 aromatic rings. The fraction of sp³-hybridized carbons (Fsp3) is 0.750. The molecule has 0 aliphatic carbocycles. The van der Waals surface area contributed by atoms with E-state index in [9.17, 15) is 14.9 Å². The van der Waals surface area contributed by atoms with Gasteiger partial charge in [-0.3, -0.25) is 14.9 Å². The zero-order chi connectivity index (χ0) is 6.73. The molecule has 0 N–H and O–H groups in total. The van der Waals surface area contributed by atoms with Crippen LogP contribution >= 0.6 is 0 Å². The Bertz CT molecular complexity index is 111. The second-order valence-electron chi connectivity index (χ2n) is 1.57. The number of hydrogen-bond donors (Lipinski definition) is 0. The van der Waals surface area contributed by atoms with Crippen LogP contribution in [-0.4, -0.2) is 46.3 Å². The summed E-state index contributed by atoms with van der Waals surface area (Å²) in [5.74, 6) is -0.407. The molecular formula is C4H8NNaO3. The van der Waals surface area contributed by atoms with E-state index in [1.54, 1.807) is 0 Å². The number of carbonyl (C=O) groups is 1. The van der Waals surface area contributed by atoms with Gasteiger partial charge in [0.1, 0.15) is 0 Å². The van der Waals surface area contributed by atoms with Crippen LogP contribution in [0.1, 0.15) is 13.8 Å². The van der Waals surface area contributed by atoms with E-state index in [-0.39, 0.29) is 29.6 Å². The Morgan fingerprint density at radius 2 is 2.00 bits per heavy atom. The van der Waals surface area contributed by atoms with Crippen LogP contribution in [-0.2, 0) is 4.79 Å². The molecule has 5 heteroatoms. The zero-order valence-electron chi connectivity index (χ0n) is 4.75. The van der Waals surface area contributed by atoms with Gasteiger partial charge < -0.3 is 0 Å². The average molecular weight is 141 g/mol. The van der Waals surface area contributed by atoms with Crippen molar-refractivity contribution in [3.63, 3.8) is 0 Å². The van der Waals surface area contributed by atoms with Gasteiger partial charge in [0, 0.05) is 18.8 Å². The van der Waals surface area contributed by atoms with E-state index in [0.29, 0.717) is 0 Å². The van der Waals surface area contributed by atoms with Crippen molar-refractivity contribution in [1.82, 2.24) is 0 Å². The topological polar surface area (TPSA) is 60.2 Å². The van der Waals surface area contributed by atoms with Crippen LogP contribution in [0.2, 0.25) is 0 Å². The third-order valence-corrected chi connectivity index (χ3v) is 0.905. The Labute approximate surface area is 75.1 Å². The van der Waals surface area contributed by atoms with Crippen molar-refractivity contribution in [3.05, 3.63) is 10.1 Å². The van der Waals surface area contributed by atoms with E-state index < -0.39 is 16.7 Å². The Hall–Kier alpha value is 0.0700. The molecule has 0 bridgehead atoms. The first-order valence-corrected chi connectivity index (χ1v) is 2.19. The van der Waals surface area contributed by atoms with E-state index in [1.165, 1.54) is 13.8 Å². The summed E-state index contributed by atoms with van der Waals surface area (Å²) >= 11 is 0. The Kier molecular flexibility index (Phi) is 6.44. The summed E-state index contributed by atoms with van der Waals surface area (Å²) in [6.07, 6.45) is 0. The van der Waals surface area contributed by atoms with E-state index in [2.05, 4.69) is 0 Å². The molecule has 0 aromatic carbocycles. The molecule has 48 valence electrons. The second-order valence-corrected chi connectivity index (χ2v) is 1.57. The molecule has 0 spiro atoms. The normalized spacial score (nSPS) is 11.3. The first-order valence-electron chi connectivity index (χ1n) is 2.19. The number of Topliss-reactive ketones (excluding diaryl/α,β-unsaturated/α-hetero) is 1. The molecule has 0 heterocycles. The van der Waals surface area contributed by atoms with Crippen LogP contribution in [0.5, 0.6) is 0 Å². The fourth-order valence-corrected chi connectivity index (χ4v) is 0.148. The quantitative estimate of drug-likeness (QED) is 0.298. The van der Waals surface area contributed by atoms with Gasteiger partial charge in [-0.25, -0.2) is 0 Å². The predicted molar refractivity (Wildman–Crippen MR) is 34.3 cm³/mol. The van der Waals surface area contributed by atoms with Gasteiger partial charge in [0.05, 0.1) is 0 Å². The van der Waals surface area contributed by atoms with Crippen molar-refractivity contribution in [2.45, 2.75) is 19.9 Å². The van der Waals surface area contributed by atoms with Crippen LogP contribution in [0.4, 0.5) is 0 Å². The maximum absolute atomic E-state index is 10.1. The minimum atomic E-state index is -1.05. The van der Waals surface area contributed by atoms with Gasteiger partial charge in [-0.1, -0.05) is 0 Å². The van der Waals surface area contributed by atoms with Gasteiger partial charge in [-0.15, -0.1) is 0 Å². The third-order valence-electron chi connectivity index (χ3n) is 0.905. The monoisotopic (exact) mass is 141 g/mol. The van der Waals surface area contributed by atoms with Crippen LogP contribution in [0.25, 0.3) is 0 Å². The molecule has 0 radical (unpaired) electrons. The molecule has 0 saturated carbocycles. The maximum atomic E-state index is 10.1. The van der Waals surface area contributed by atoms with Gasteiger partial charge in [-0.05, 0) is 0 Å². The van der Waals surface area contributed by atoms with Crippen LogP contribution in [0, 0.1) is 10.1 Å². The van der Waals surface area contributed by atoms with Crippen molar-refractivity contribution in [2.24, 2.45) is 0 Å². The average Bonchev–Trinajstić information content (AvgIpc) is 1.64. The molecule has 1 atom stereocenters. The van der Waals surface area contributed by atoms with Gasteiger partial charge in [0.15, 0.2) is 0 Å². The van der Waals surface area contributed by atoms with Crippen LogP contribution in [0.15, 0.2) is 0 Å². The number of ketones is 1. The second kappa shape index (κ2) is 4.90. The zero-order valence-corrected chi connectivity index (χ0v) is 4.75. The summed E-state index contributed by atoms with van der Waals surface area (Å²) in [5, 5.41) is 9.73. The molecule has 1 unspecified atom stereocenters. The van der Waals surface area contributed by atoms with E-state index in [1.807, 2.05) is 0 Å². The molecule has 4 nitrogen and oxygen atoms in total. The summed E-state index contributed by atoms with van der Waals surface area (Å²) in [7, 11) is 0. The Morgan fingerprint density at radius 3 is 2.00 bits per heavy atom. The van der Waals surface area contributed by atoms with Crippen molar-refractivity contribution in [1.29, 1.82) is 0 Å². The van der Waals surface area contributed by atoms with Crippen molar-refractivity contribution in [3.8, 4) is 0 Å².